The first kappa shape index (κ1) is 19.4. The van der Waals surface area contributed by atoms with Gasteiger partial charge in [-0.1, -0.05) is 12.1 Å². The Morgan fingerprint density at radius 1 is 0.808 bits per heavy atom. The lowest BCUT2D eigenvalue weighted by molar-refractivity contribution is 0.321. The van der Waals surface area contributed by atoms with Crippen molar-refractivity contribution >= 4 is 5.96 Å². The number of benzene rings is 2. The predicted molar refractivity (Wildman–Crippen MR) is 105 cm³/mol. The second-order valence-electron chi connectivity index (χ2n) is 5.55. The summed E-state index contributed by atoms with van der Waals surface area (Å²) in [6, 6.07) is 15.6. The Morgan fingerprint density at radius 2 is 1.35 bits per heavy atom. The molecule has 0 amide bonds. The van der Waals surface area contributed by atoms with Crippen molar-refractivity contribution in [2.45, 2.75) is 6.42 Å². The van der Waals surface area contributed by atoms with Crippen LogP contribution in [0.1, 0.15) is 5.56 Å². The molecule has 0 saturated carbocycles. The minimum atomic E-state index is 0.547. The molecule has 2 N–H and O–H groups in total. The number of nitrogens with zero attached hydrogens (tertiary/aromatic N) is 1. The van der Waals surface area contributed by atoms with E-state index in [2.05, 4.69) is 27.8 Å². The highest BCUT2D eigenvalue weighted by Crippen LogP contribution is 2.16. The highest BCUT2D eigenvalue weighted by molar-refractivity contribution is 5.79. The van der Waals surface area contributed by atoms with Crippen molar-refractivity contribution in [2.24, 2.45) is 4.99 Å². The van der Waals surface area contributed by atoms with Gasteiger partial charge in [-0.2, -0.15) is 0 Å². The molecule has 0 aliphatic rings. The second kappa shape index (κ2) is 10.9. The van der Waals surface area contributed by atoms with Gasteiger partial charge in [0, 0.05) is 13.6 Å². The summed E-state index contributed by atoms with van der Waals surface area (Å²) in [6.45, 7) is 2.01. The SMILES string of the molecule is CN=C(NCCOc1ccc(OC)cc1)NCCc1ccc(OC)cc1. The number of guanidine groups is 1. The number of hydrogen-bond donors (Lipinski definition) is 2. The maximum Gasteiger partial charge on any atom is 0.191 e. The molecule has 0 fully saturated rings. The Morgan fingerprint density at radius 3 is 1.92 bits per heavy atom. The van der Waals surface area contributed by atoms with Crippen LogP contribution in [0.4, 0.5) is 0 Å². The van der Waals surface area contributed by atoms with Crippen LogP contribution >= 0.6 is 0 Å². The van der Waals surface area contributed by atoms with E-state index in [0.29, 0.717) is 13.2 Å². The van der Waals surface area contributed by atoms with Gasteiger partial charge in [-0.25, -0.2) is 0 Å². The Bertz CT molecular complexity index is 670. The summed E-state index contributed by atoms with van der Waals surface area (Å²) in [5.74, 6) is 3.26. The molecule has 0 spiro atoms. The molecule has 0 radical (unpaired) electrons. The lowest BCUT2D eigenvalue weighted by Crippen LogP contribution is -2.40. The van der Waals surface area contributed by atoms with Crippen molar-refractivity contribution in [1.82, 2.24) is 10.6 Å². The van der Waals surface area contributed by atoms with Crippen LogP contribution in [0.2, 0.25) is 0 Å². The number of aliphatic imine (C=N–C) groups is 1. The smallest absolute Gasteiger partial charge is 0.191 e. The molecule has 140 valence electrons. The minimum absolute atomic E-state index is 0.547. The van der Waals surface area contributed by atoms with Crippen LogP contribution in [0.3, 0.4) is 0 Å². The summed E-state index contributed by atoms with van der Waals surface area (Å²) in [5, 5.41) is 6.53. The van der Waals surface area contributed by atoms with Crippen LogP contribution in [0, 0.1) is 0 Å². The molecule has 6 nitrogen and oxygen atoms in total. The first-order valence-corrected chi connectivity index (χ1v) is 8.59. The summed E-state index contributed by atoms with van der Waals surface area (Å²) in [5.41, 5.74) is 1.25. The third-order valence-corrected chi connectivity index (χ3v) is 3.81. The molecule has 0 bridgehead atoms. The zero-order valence-electron chi connectivity index (χ0n) is 15.6. The number of rotatable bonds is 9. The average Bonchev–Trinajstić information content (AvgIpc) is 2.70. The molecule has 26 heavy (non-hydrogen) atoms. The van der Waals surface area contributed by atoms with Gasteiger partial charge in [-0.3, -0.25) is 4.99 Å². The van der Waals surface area contributed by atoms with Gasteiger partial charge in [0.05, 0.1) is 20.8 Å². The zero-order valence-corrected chi connectivity index (χ0v) is 15.6. The summed E-state index contributed by atoms with van der Waals surface area (Å²) in [6.07, 6.45) is 0.910. The Hall–Kier alpha value is -2.89. The first-order valence-electron chi connectivity index (χ1n) is 8.59. The van der Waals surface area contributed by atoms with Crippen LogP contribution in [-0.2, 0) is 6.42 Å². The first-order chi connectivity index (χ1) is 12.7. The van der Waals surface area contributed by atoms with Crippen LogP contribution < -0.4 is 24.8 Å². The lowest BCUT2D eigenvalue weighted by atomic mass is 10.1. The fraction of sp³-hybridized carbons (Fsp3) is 0.350. The van der Waals surface area contributed by atoms with Gasteiger partial charge in [-0.05, 0) is 48.4 Å². The van der Waals surface area contributed by atoms with Crippen molar-refractivity contribution < 1.29 is 14.2 Å². The van der Waals surface area contributed by atoms with Gasteiger partial charge in [0.2, 0.25) is 0 Å². The van der Waals surface area contributed by atoms with Crippen molar-refractivity contribution in [3.63, 3.8) is 0 Å². The van der Waals surface area contributed by atoms with Crippen LogP contribution in [0.25, 0.3) is 0 Å². The molecule has 2 rings (SSSR count). The third kappa shape index (κ3) is 6.55. The molecule has 0 aromatic heterocycles. The number of ether oxygens (including phenoxy) is 3. The summed E-state index contributed by atoms with van der Waals surface area (Å²) >= 11 is 0. The second-order valence-corrected chi connectivity index (χ2v) is 5.55. The number of methoxy groups -OCH3 is 2. The van der Waals surface area contributed by atoms with E-state index in [4.69, 9.17) is 14.2 Å². The summed E-state index contributed by atoms with van der Waals surface area (Å²) in [7, 11) is 5.07. The Kier molecular flexibility index (Phi) is 8.12. The maximum atomic E-state index is 5.68. The zero-order chi connectivity index (χ0) is 18.6. The molecule has 0 aliphatic carbocycles. The van der Waals surface area contributed by atoms with Crippen molar-refractivity contribution in [2.75, 3.05) is 41.0 Å². The summed E-state index contributed by atoms with van der Waals surface area (Å²) < 4.78 is 16.0. The topological polar surface area (TPSA) is 64.1 Å². The molecule has 2 aromatic carbocycles. The lowest BCUT2D eigenvalue weighted by Gasteiger charge is -2.13. The van der Waals surface area contributed by atoms with E-state index in [1.165, 1.54) is 5.56 Å². The molecular weight excluding hydrogens is 330 g/mol. The average molecular weight is 357 g/mol. The van der Waals surface area contributed by atoms with Gasteiger partial charge < -0.3 is 24.8 Å². The monoisotopic (exact) mass is 357 g/mol. The largest absolute Gasteiger partial charge is 0.497 e. The van der Waals surface area contributed by atoms with Gasteiger partial charge >= 0.3 is 0 Å². The Balaban J connectivity index is 1.63. The highest BCUT2D eigenvalue weighted by atomic mass is 16.5. The van der Waals surface area contributed by atoms with E-state index in [1.54, 1.807) is 21.3 Å². The Labute approximate surface area is 155 Å². The van der Waals surface area contributed by atoms with Crippen LogP contribution in [0.15, 0.2) is 53.5 Å². The minimum Gasteiger partial charge on any atom is -0.497 e. The van der Waals surface area contributed by atoms with E-state index in [9.17, 15) is 0 Å². The molecule has 0 heterocycles. The fourth-order valence-corrected chi connectivity index (χ4v) is 2.35. The quantitative estimate of drug-likeness (QED) is 0.410. The predicted octanol–water partition coefficient (Wildman–Crippen LogP) is 2.49. The maximum absolute atomic E-state index is 5.68. The van der Waals surface area contributed by atoms with Crippen LogP contribution in [0.5, 0.6) is 17.2 Å². The molecule has 0 aliphatic heterocycles. The van der Waals surface area contributed by atoms with Gasteiger partial charge in [0.25, 0.3) is 0 Å². The van der Waals surface area contributed by atoms with E-state index in [0.717, 1.165) is 36.2 Å². The normalized spacial score (nSPS) is 11.0. The molecule has 6 heteroatoms. The molecule has 0 saturated heterocycles. The number of nitrogens with one attached hydrogen (secondary N) is 2. The molecular formula is C20H27N3O3. The standard InChI is InChI=1S/C20H27N3O3/c1-21-20(22-13-12-16-4-6-17(24-2)7-5-16)23-14-15-26-19-10-8-18(25-3)9-11-19/h4-11H,12-15H2,1-3H3,(H2,21,22,23). The summed E-state index contributed by atoms with van der Waals surface area (Å²) in [4.78, 5) is 4.22. The van der Waals surface area contributed by atoms with E-state index in [1.807, 2.05) is 36.4 Å². The fourth-order valence-electron chi connectivity index (χ4n) is 2.35. The van der Waals surface area contributed by atoms with E-state index >= 15 is 0 Å². The van der Waals surface area contributed by atoms with Gasteiger partial charge in [0.1, 0.15) is 23.9 Å². The van der Waals surface area contributed by atoms with Crippen molar-refractivity contribution in [3.05, 3.63) is 54.1 Å². The molecule has 2 aromatic rings. The molecule has 0 atom stereocenters. The van der Waals surface area contributed by atoms with Crippen LogP contribution in [-0.4, -0.2) is 46.9 Å². The third-order valence-electron chi connectivity index (χ3n) is 3.81. The van der Waals surface area contributed by atoms with Gasteiger partial charge in [0.15, 0.2) is 5.96 Å². The van der Waals surface area contributed by atoms with E-state index < -0.39 is 0 Å². The molecule has 0 unspecified atom stereocenters. The number of hydrogen-bond acceptors (Lipinski definition) is 4. The van der Waals surface area contributed by atoms with Crippen molar-refractivity contribution in [3.8, 4) is 17.2 Å². The highest BCUT2D eigenvalue weighted by Gasteiger charge is 2.00. The van der Waals surface area contributed by atoms with E-state index in [-0.39, 0.29) is 0 Å². The van der Waals surface area contributed by atoms with Gasteiger partial charge in [-0.15, -0.1) is 0 Å². The van der Waals surface area contributed by atoms with Crippen molar-refractivity contribution in [1.29, 1.82) is 0 Å².